The van der Waals surface area contributed by atoms with Gasteiger partial charge >= 0.3 is 0 Å². The summed E-state index contributed by atoms with van der Waals surface area (Å²) in [6.45, 7) is 0. The molecule has 0 unspecified atom stereocenters. The summed E-state index contributed by atoms with van der Waals surface area (Å²) in [6, 6.07) is 20.4. The van der Waals surface area contributed by atoms with E-state index in [4.69, 9.17) is 17.2 Å². The second-order valence-electron chi connectivity index (χ2n) is 5.59. The van der Waals surface area contributed by atoms with E-state index in [0.29, 0.717) is 5.69 Å². The minimum Gasteiger partial charge on any atom is -0.399 e. The van der Waals surface area contributed by atoms with Crippen LogP contribution < -0.4 is 17.2 Å². The molecule has 0 amide bonds. The quantitative estimate of drug-likeness (QED) is 0.439. The Labute approximate surface area is 147 Å². The normalized spacial score (nSPS) is 9.44. The predicted octanol–water partition coefficient (Wildman–Crippen LogP) is 3.23. The van der Waals surface area contributed by atoms with Gasteiger partial charge < -0.3 is 17.2 Å². The topological polar surface area (TPSA) is 78.1 Å². The Morgan fingerprint density at radius 2 is 0.760 bits per heavy atom. The maximum absolute atomic E-state index is 5.97. The first-order valence-corrected chi connectivity index (χ1v) is 7.74. The molecule has 0 fully saturated rings. The van der Waals surface area contributed by atoms with Crippen LogP contribution in [0.25, 0.3) is 0 Å². The van der Waals surface area contributed by atoms with Crippen LogP contribution in [0.3, 0.4) is 0 Å². The van der Waals surface area contributed by atoms with E-state index in [-0.39, 0.29) is 0 Å². The third-order valence-corrected chi connectivity index (χ3v) is 3.48. The minimum atomic E-state index is 0.630. The van der Waals surface area contributed by atoms with Gasteiger partial charge in [0, 0.05) is 39.3 Å². The molecule has 3 nitrogen and oxygen atoms in total. The van der Waals surface area contributed by atoms with Gasteiger partial charge in [0.2, 0.25) is 0 Å². The SMILES string of the molecule is Nc1ccc(C#Cc2cc(N)cc(C#Cc3ccc(N)cc3)c2)cc1. The molecule has 0 aromatic heterocycles. The first kappa shape index (κ1) is 16.1. The van der Waals surface area contributed by atoms with Crippen molar-refractivity contribution in [1.82, 2.24) is 0 Å². The van der Waals surface area contributed by atoms with Crippen LogP contribution in [0.1, 0.15) is 22.3 Å². The molecule has 0 aliphatic carbocycles. The highest BCUT2D eigenvalue weighted by Crippen LogP contribution is 2.12. The van der Waals surface area contributed by atoms with Crippen molar-refractivity contribution in [2.75, 3.05) is 17.2 Å². The Bertz CT molecular complexity index is 928. The average Bonchev–Trinajstić information content (AvgIpc) is 2.60. The molecule has 3 heteroatoms. The minimum absolute atomic E-state index is 0.630. The molecule has 0 aliphatic heterocycles. The molecular weight excluding hydrogens is 306 g/mol. The van der Waals surface area contributed by atoms with E-state index in [0.717, 1.165) is 33.6 Å². The van der Waals surface area contributed by atoms with E-state index in [1.54, 1.807) is 0 Å². The van der Waals surface area contributed by atoms with Gasteiger partial charge in [0.1, 0.15) is 0 Å². The molecule has 0 saturated carbocycles. The molecule has 0 radical (unpaired) electrons. The van der Waals surface area contributed by atoms with E-state index in [9.17, 15) is 0 Å². The van der Waals surface area contributed by atoms with Crippen molar-refractivity contribution in [2.24, 2.45) is 0 Å². The smallest absolute Gasteiger partial charge is 0.0339 e. The first-order valence-electron chi connectivity index (χ1n) is 7.74. The van der Waals surface area contributed by atoms with Crippen LogP contribution in [-0.2, 0) is 0 Å². The van der Waals surface area contributed by atoms with Crippen molar-refractivity contribution in [3.63, 3.8) is 0 Å². The van der Waals surface area contributed by atoms with Gasteiger partial charge in [0.05, 0.1) is 0 Å². The van der Waals surface area contributed by atoms with Gasteiger partial charge in [0.25, 0.3) is 0 Å². The van der Waals surface area contributed by atoms with Gasteiger partial charge in [-0.05, 0) is 66.7 Å². The van der Waals surface area contributed by atoms with Crippen LogP contribution in [0, 0.1) is 23.7 Å². The van der Waals surface area contributed by atoms with Crippen molar-refractivity contribution >= 4 is 17.1 Å². The van der Waals surface area contributed by atoms with Crippen LogP contribution >= 0.6 is 0 Å². The molecule has 3 aromatic rings. The van der Waals surface area contributed by atoms with E-state index in [1.165, 1.54) is 0 Å². The second-order valence-corrected chi connectivity index (χ2v) is 5.59. The second kappa shape index (κ2) is 7.17. The van der Waals surface area contributed by atoms with Crippen LogP contribution in [0.15, 0.2) is 66.7 Å². The number of benzene rings is 3. The van der Waals surface area contributed by atoms with Crippen LogP contribution in [0.4, 0.5) is 17.1 Å². The lowest BCUT2D eigenvalue weighted by Crippen LogP contribution is -1.89. The number of rotatable bonds is 0. The van der Waals surface area contributed by atoms with Crippen molar-refractivity contribution < 1.29 is 0 Å². The third-order valence-electron chi connectivity index (χ3n) is 3.48. The summed E-state index contributed by atoms with van der Waals surface area (Å²) < 4.78 is 0. The van der Waals surface area contributed by atoms with E-state index in [2.05, 4.69) is 23.7 Å². The van der Waals surface area contributed by atoms with Gasteiger partial charge in [-0.3, -0.25) is 0 Å². The zero-order valence-corrected chi connectivity index (χ0v) is 13.6. The molecule has 25 heavy (non-hydrogen) atoms. The first-order chi connectivity index (χ1) is 12.1. The summed E-state index contributed by atoms with van der Waals surface area (Å²) in [6.07, 6.45) is 0. The Balaban J connectivity index is 1.86. The Kier molecular flexibility index (Phi) is 4.60. The maximum atomic E-state index is 5.97. The largest absolute Gasteiger partial charge is 0.399 e. The van der Waals surface area contributed by atoms with Gasteiger partial charge in [-0.15, -0.1) is 0 Å². The Hall–Kier alpha value is -3.82. The molecule has 0 aliphatic rings. The standard InChI is InChI=1S/C22H17N3/c23-20-9-5-16(6-10-20)1-3-18-13-19(15-22(25)14-18)4-2-17-7-11-21(24)12-8-17/h5-15H,23-25H2. The lowest BCUT2D eigenvalue weighted by Gasteiger charge is -1.98. The monoisotopic (exact) mass is 323 g/mol. The molecule has 0 atom stereocenters. The predicted molar refractivity (Wildman–Crippen MR) is 105 cm³/mol. The van der Waals surface area contributed by atoms with Crippen LogP contribution in [-0.4, -0.2) is 0 Å². The highest BCUT2D eigenvalue weighted by molar-refractivity contribution is 5.57. The Morgan fingerprint density at radius 3 is 1.16 bits per heavy atom. The summed E-state index contributed by atoms with van der Waals surface area (Å²) >= 11 is 0. The van der Waals surface area contributed by atoms with Crippen molar-refractivity contribution in [3.8, 4) is 23.7 Å². The fourth-order valence-electron chi connectivity index (χ4n) is 2.22. The number of hydrogen-bond acceptors (Lipinski definition) is 3. The van der Waals surface area contributed by atoms with Crippen molar-refractivity contribution in [1.29, 1.82) is 0 Å². The molecule has 0 spiro atoms. The molecule has 0 saturated heterocycles. The zero-order valence-electron chi connectivity index (χ0n) is 13.6. The molecule has 3 rings (SSSR count). The lowest BCUT2D eigenvalue weighted by atomic mass is 10.1. The highest BCUT2D eigenvalue weighted by atomic mass is 14.5. The summed E-state index contributed by atoms with van der Waals surface area (Å²) in [4.78, 5) is 0. The number of hydrogen-bond donors (Lipinski definition) is 3. The highest BCUT2D eigenvalue weighted by Gasteiger charge is 1.95. The van der Waals surface area contributed by atoms with E-state index in [1.807, 2.05) is 66.7 Å². The molecule has 0 heterocycles. The van der Waals surface area contributed by atoms with Crippen LogP contribution in [0.5, 0.6) is 0 Å². The van der Waals surface area contributed by atoms with Gasteiger partial charge in [-0.25, -0.2) is 0 Å². The number of nitrogens with two attached hydrogens (primary N) is 3. The van der Waals surface area contributed by atoms with Gasteiger partial charge in [-0.1, -0.05) is 23.7 Å². The van der Waals surface area contributed by atoms with E-state index < -0.39 is 0 Å². The molecular formula is C22H17N3. The van der Waals surface area contributed by atoms with Crippen LogP contribution in [0.2, 0.25) is 0 Å². The zero-order chi connectivity index (χ0) is 17.6. The van der Waals surface area contributed by atoms with Crippen molar-refractivity contribution in [3.05, 3.63) is 89.0 Å². The Morgan fingerprint density at radius 1 is 0.400 bits per heavy atom. The number of nitrogen functional groups attached to an aromatic ring is 3. The lowest BCUT2D eigenvalue weighted by molar-refractivity contribution is 1.58. The average molecular weight is 323 g/mol. The fraction of sp³-hybridized carbons (Fsp3) is 0. The van der Waals surface area contributed by atoms with Gasteiger partial charge in [-0.2, -0.15) is 0 Å². The van der Waals surface area contributed by atoms with Gasteiger partial charge in [0.15, 0.2) is 0 Å². The third kappa shape index (κ3) is 4.58. The molecule has 3 aromatic carbocycles. The summed E-state index contributed by atoms with van der Waals surface area (Å²) in [5.74, 6) is 12.4. The van der Waals surface area contributed by atoms with E-state index >= 15 is 0 Å². The summed E-state index contributed by atoms with van der Waals surface area (Å²) in [5, 5.41) is 0. The summed E-state index contributed by atoms with van der Waals surface area (Å²) in [7, 11) is 0. The fourth-order valence-corrected chi connectivity index (χ4v) is 2.22. The molecule has 120 valence electrons. The maximum Gasteiger partial charge on any atom is 0.0339 e. The number of anilines is 3. The molecule has 6 N–H and O–H groups in total. The summed E-state index contributed by atoms with van der Waals surface area (Å²) in [5.41, 5.74) is 22.8. The molecule has 0 bridgehead atoms. The van der Waals surface area contributed by atoms with Crippen molar-refractivity contribution in [2.45, 2.75) is 0 Å².